The van der Waals surface area contributed by atoms with Gasteiger partial charge >= 0.3 is 0 Å². The lowest BCUT2D eigenvalue weighted by Crippen LogP contribution is -2.13. The zero-order valence-corrected chi connectivity index (χ0v) is 18.6. The SMILES string of the molecule is Cc1cc(C(=O)Nc2nnc(-c3ccccc3Cl)s2)c2cnn(Cc3cccs3)c2n1. The van der Waals surface area contributed by atoms with E-state index in [1.807, 2.05) is 47.3 Å². The van der Waals surface area contributed by atoms with E-state index in [0.29, 0.717) is 38.3 Å². The zero-order valence-electron chi connectivity index (χ0n) is 16.2. The molecule has 1 N–H and O–H groups in total. The maximum absolute atomic E-state index is 13.1. The van der Waals surface area contributed by atoms with E-state index >= 15 is 0 Å². The summed E-state index contributed by atoms with van der Waals surface area (Å²) in [5, 5.41) is 19.9. The molecule has 0 unspecified atom stereocenters. The molecule has 10 heteroatoms. The molecule has 5 rings (SSSR count). The van der Waals surface area contributed by atoms with Gasteiger partial charge in [-0.2, -0.15) is 5.10 Å². The molecule has 0 aliphatic rings. The number of benzene rings is 1. The number of amides is 1. The molecule has 7 nitrogen and oxygen atoms in total. The first-order valence-electron chi connectivity index (χ1n) is 9.34. The third kappa shape index (κ3) is 3.95. The number of nitrogens with zero attached hydrogens (tertiary/aromatic N) is 5. The normalized spacial score (nSPS) is 11.2. The Bertz CT molecular complexity index is 1390. The molecule has 0 radical (unpaired) electrons. The highest BCUT2D eigenvalue weighted by Gasteiger charge is 2.18. The number of fused-ring (bicyclic) bond motifs is 1. The van der Waals surface area contributed by atoms with Crippen LogP contribution < -0.4 is 5.32 Å². The summed E-state index contributed by atoms with van der Waals surface area (Å²) in [7, 11) is 0. The first-order chi connectivity index (χ1) is 15.1. The number of thiophene rings is 1. The Balaban J connectivity index is 1.44. The summed E-state index contributed by atoms with van der Waals surface area (Å²) in [5.41, 5.74) is 2.68. The number of nitrogens with one attached hydrogen (secondary N) is 1. The number of hydrogen-bond donors (Lipinski definition) is 1. The number of rotatable bonds is 5. The maximum Gasteiger partial charge on any atom is 0.258 e. The van der Waals surface area contributed by atoms with Gasteiger partial charge in [0.25, 0.3) is 5.91 Å². The summed E-state index contributed by atoms with van der Waals surface area (Å²) in [5.74, 6) is -0.284. The molecule has 5 aromatic rings. The fourth-order valence-corrected chi connectivity index (χ4v) is 4.95. The maximum atomic E-state index is 13.1. The molecule has 0 atom stereocenters. The van der Waals surface area contributed by atoms with Gasteiger partial charge in [-0.1, -0.05) is 47.2 Å². The Labute approximate surface area is 190 Å². The minimum Gasteiger partial charge on any atom is -0.296 e. The zero-order chi connectivity index (χ0) is 21.4. The predicted octanol–water partition coefficient (Wildman–Crippen LogP) is 5.27. The van der Waals surface area contributed by atoms with E-state index in [2.05, 4.69) is 25.6 Å². The van der Waals surface area contributed by atoms with Crippen LogP contribution in [0.15, 0.2) is 54.0 Å². The Morgan fingerprint density at radius 1 is 1.19 bits per heavy atom. The van der Waals surface area contributed by atoms with Crippen LogP contribution in [0, 0.1) is 6.92 Å². The molecule has 0 fully saturated rings. The van der Waals surface area contributed by atoms with Gasteiger partial charge in [0, 0.05) is 16.1 Å². The van der Waals surface area contributed by atoms with Crippen molar-refractivity contribution < 1.29 is 4.79 Å². The van der Waals surface area contributed by atoms with Gasteiger partial charge in [0.05, 0.1) is 28.7 Å². The van der Waals surface area contributed by atoms with Crippen LogP contribution in [0.3, 0.4) is 0 Å². The average molecular weight is 467 g/mol. The number of aromatic nitrogens is 5. The Morgan fingerprint density at radius 3 is 2.87 bits per heavy atom. The van der Waals surface area contributed by atoms with Crippen LogP contribution in [0.25, 0.3) is 21.6 Å². The van der Waals surface area contributed by atoms with Gasteiger partial charge in [-0.3, -0.25) is 10.1 Å². The fourth-order valence-electron chi connectivity index (χ4n) is 3.21. The summed E-state index contributed by atoms with van der Waals surface area (Å²) in [6, 6.07) is 13.2. The molecule has 0 bridgehead atoms. The standard InChI is InChI=1S/C21H15ClN6OS2/c1-12-9-15(16-10-23-28(18(16)24-12)11-13-5-4-8-30-13)19(29)25-21-27-26-20(31-21)14-6-2-3-7-17(14)22/h2-10H,11H2,1H3,(H,25,27,29). The number of halogens is 1. The Kier molecular flexibility index (Phi) is 5.23. The third-order valence-corrected chi connectivity index (χ3v) is 6.68. The van der Waals surface area contributed by atoms with E-state index in [0.717, 1.165) is 11.3 Å². The van der Waals surface area contributed by atoms with Crippen LogP contribution in [0.4, 0.5) is 5.13 Å². The van der Waals surface area contributed by atoms with Gasteiger partial charge in [-0.25, -0.2) is 9.67 Å². The van der Waals surface area contributed by atoms with Crippen LogP contribution in [0.1, 0.15) is 20.9 Å². The lowest BCUT2D eigenvalue weighted by molar-refractivity contribution is 0.102. The molecule has 0 aliphatic carbocycles. The molecule has 1 aromatic carbocycles. The fraction of sp³-hybridized carbons (Fsp3) is 0.0952. The molecule has 0 aliphatic heterocycles. The summed E-state index contributed by atoms with van der Waals surface area (Å²) < 4.78 is 1.81. The lowest BCUT2D eigenvalue weighted by Gasteiger charge is -2.06. The van der Waals surface area contributed by atoms with Crippen molar-refractivity contribution in [1.82, 2.24) is 25.0 Å². The highest BCUT2D eigenvalue weighted by Crippen LogP contribution is 2.32. The van der Waals surface area contributed by atoms with E-state index in [4.69, 9.17) is 11.6 Å². The number of hydrogen-bond acceptors (Lipinski definition) is 7. The average Bonchev–Trinajstić information content (AvgIpc) is 3.51. The second kappa shape index (κ2) is 8.18. The molecular formula is C21H15ClN6OS2. The smallest absolute Gasteiger partial charge is 0.258 e. The van der Waals surface area contributed by atoms with Gasteiger partial charge < -0.3 is 0 Å². The number of anilines is 1. The number of pyridine rings is 1. The van der Waals surface area contributed by atoms with Crippen molar-refractivity contribution in [3.63, 3.8) is 0 Å². The van der Waals surface area contributed by atoms with Crippen molar-refractivity contribution in [3.05, 3.63) is 75.2 Å². The largest absolute Gasteiger partial charge is 0.296 e. The minimum atomic E-state index is -0.284. The highest BCUT2D eigenvalue weighted by molar-refractivity contribution is 7.18. The van der Waals surface area contributed by atoms with Crippen molar-refractivity contribution in [2.75, 3.05) is 5.32 Å². The highest BCUT2D eigenvalue weighted by atomic mass is 35.5. The second-order valence-corrected chi connectivity index (χ2v) is 9.19. The number of carbonyl (C=O) groups excluding carboxylic acids is 1. The third-order valence-electron chi connectivity index (χ3n) is 4.62. The summed E-state index contributed by atoms with van der Waals surface area (Å²) in [6.45, 7) is 2.47. The summed E-state index contributed by atoms with van der Waals surface area (Å²) in [4.78, 5) is 18.8. The molecule has 4 heterocycles. The van der Waals surface area contributed by atoms with Crippen LogP contribution in [0.5, 0.6) is 0 Å². The first-order valence-corrected chi connectivity index (χ1v) is 11.4. The van der Waals surface area contributed by atoms with Crippen molar-refractivity contribution >= 4 is 56.3 Å². The first kappa shape index (κ1) is 19.8. The van der Waals surface area contributed by atoms with Gasteiger partial charge in [0.2, 0.25) is 5.13 Å². The van der Waals surface area contributed by atoms with Crippen molar-refractivity contribution in [2.24, 2.45) is 0 Å². The number of carbonyl (C=O) groups is 1. The molecule has 1 amide bonds. The van der Waals surface area contributed by atoms with E-state index in [-0.39, 0.29) is 5.91 Å². The van der Waals surface area contributed by atoms with Crippen LogP contribution in [0.2, 0.25) is 5.02 Å². The van der Waals surface area contributed by atoms with Crippen molar-refractivity contribution in [3.8, 4) is 10.6 Å². The Morgan fingerprint density at radius 2 is 2.06 bits per heavy atom. The van der Waals surface area contributed by atoms with Crippen LogP contribution in [-0.2, 0) is 6.54 Å². The topological polar surface area (TPSA) is 85.6 Å². The Hall–Kier alpha value is -3.14. The van der Waals surface area contributed by atoms with E-state index in [1.165, 1.54) is 16.2 Å². The van der Waals surface area contributed by atoms with Crippen molar-refractivity contribution in [2.45, 2.75) is 13.5 Å². The molecule has 0 saturated heterocycles. The molecule has 0 saturated carbocycles. The lowest BCUT2D eigenvalue weighted by atomic mass is 10.1. The van der Waals surface area contributed by atoms with Gasteiger partial charge in [-0.15, -0.1) is 21.5 Å². The monoisotopic (exact) mass is 466 g/mol. The molecular weight excluding hydrogens is 452 g/mol. The van der Waals surface area contributed by atoms with E-state index < -0.39 is 0 Å². The van der Waals surface area contributed by atoms with Crippen LogP contribution in [-0.4, -0.2) is 30.9 Å². The second-order valence-electron chi connectivity index (χ2n) is 6.78. The van der Waals surface area contributed by atoms with Crippen molar-refractivity contribution in [1.29, 1.82) is 0 Å². The van der Waals surface area contributed by atoms with E-state index in [1.54, 1.807) is 29.7 Å². The van der Waals surface area contributed by atoms with Gasteiger partial charge in [0.1, 0.15) is 0 Å². The molecule has 0 spiro atoms. The summed E-state index contributed by atoms with van der Waals surface area (Å²) >= 11 is 9.17. The minimum absolute atomic E-state index is 0.284. The molecule has 154 valence electrons. The quantitative estimate of drug-likeness (QED) is 0.381. The molecule has 31 heavy (non-hydrogen) atoms. The van der Waals surface area contributed by atoms with Gasteiger partial charge in [-0.05, 0) is 30.5 Å². The van der Waals surface area contributed by atoms with E-state index in [9.17, 15) is 4.79 Å². The molecule has 4 aromatic heterocycles. The summed E-state index contributed by atoms with van der Waals surface area (Å²) in [6.07, 6.45) is 1.68. The van der Waals surface area contributed by atoms with Crippen LogP contribution >= 0.6 is 34.3 Å². The predicted molar refractivity (Wildman–Crippen MR) is 124 cm³/mol. The number of aryl methyl sites for hydroxylation is 1. The van der Waals surface area contributed by atoms with Gasteiger partial charge in [0.15, 0.2) is 10.7 Å².